The van der Waals surface area contributed by atoms with Crippen molar-refractivity contribution in [3.8, 4) is 0 Å². The molecule has 0 spiro atoms. The minimum Gasteiger partial charge on any atom is -0.375 e. The predicted octanol–water partition coefficient (Wildman–Crippen LogP) is 3.80. The Morgan fingerprint density at radius 2 is 1.88 bits per heavy atom. The van der Waals surface area contributed by atoms with Crippen molar-refractivity contribution in [3.63, 3.8) is 0 Å². The molecule has 0 saturated heterocycles. The van der Waals surface area contributed by atoms with Crippen molar-refractivity contribution in [2.24, 2.45) is 4.99 Å². The number of aryl methyl sites for hydroxylation is 1. The maximum absolute atomic E-state index is 13.6. The molecule has 0 aliphatic rings. The van der Waals surface area contributed by atoms with E-state index in [2.05, 4.69) is 15.6 Å². The highest BCUT2D eigenvalue weighted by Gasteiger charge is 2.10. The second-order valence-electron chi connectivity index (χ2n) is 5.53. The summed E-state index contributed by atoms with van der Waals surface area (Å²) in [7, 11) is 3.39. The summed E-state index contributed by atoms with van der Waals surface area (Å²) >= 11 is 0. The first-order chi connectivity index (χ1) is 11.6. The number of ether oxygens (including phenoxy) is 1. The van der Waals surface area contributed by atoms with E-state index >= 15 is 0 Å². The summed E-state index contributed by atoms with van der Waals surface area (Å²) in [6.45, 7) is 2.84. The van der Waals surface area contributed by atoms with Crippen molar-refractivity contribution in [1.29, 1.82) is 0 Å². The van der Waals surface area contributed by atoms with E-state index in [1.807, 2.05) is 36.4 Å². The van der Waals surface area contributed by atoms with Crippen LogP contribution in [-0.2, 0) is 11.3 Å². The van der Waals surface area contributed by atoms with E-state index in [1.54, 1.807) is 27.1 Å². The van der Waals surface area contributed by atoms with E-state index in [0.717, 1.165) is 11.1 Å². The first-order valence-corrected chi connectivity index (χ1v) is 7.91. The number of hydrogen-bond donors (Lipinski definition) is 2. The molecule has 0 aromatic heterocycles. The van der Waals surface area contributed by atoms with E-state index in [1.165, 1.54) is 6.07 Å². The SMILES string of the molecule is CN=C(NCc1ccc(C)c(F)c1)NCC(OC)c1ccccc1.I. The molecule has 0 fully saturated rings. The first-order valence-electron chi connectivity index (χ1n) is 7.91. The zero-order valence-corrected chi connectivity index (χ0v) is 17.1. The molecule has 0 saturated carbocycles. The minimum absolute atomic E-state index is 0. The third-order valence-electron chi connectivity index (χ3n) is 3.83. The van der Waals surface area contributed by atoms with Gasteiger partial charge in [0.1, 0.15) is 5.82 Å². The van der Waals surface area contributed by atoms with Gasteiger partial charge in [0.05, 0.1) is 6.10 Å². The zero-order valence-electron chi connectivity index (χ0n) is 14.8. The molecule has 2 aromatic carbocycles. The molecular formula is C19H25FIN3O. The van der Waals surface area contributed by atoms with Crippen LogP contribution in [0.15, 0.2) is 53.5 Å². The summed E-state index contributed by atoms with van der Waals surface area (Å²) in [5.41, 5.74) is 2.61. The lowest BCUT2D eigenvalue weighted by Crippen LogP contribution is -2.39. The Bertz CT molecular complexity index is 680. The molecule has 0 bridgehead atoms. The average molecular weight is 457 g/mol. The van der Waals surface area contributed by atoms with Crippen LogP contribution >= 0.6 is 24.0 Å². The van der Waals surface area contributed by atoms with E-state index in [4.69, 9.17) is 4.74 Å². The van der Waals surface area contributed by atoms with Gasteiger partial charge in [-0.1, -0.05) is 42.5 Å². The molecule has 0 aliphatic carbocycles. The highest BCUT2D eigenvalue weighted by Crippen LogP contribution is 2.14. The predicted molar refractivity (Wildman–Crippen MR) is 111 cm³/mol. The van der Waals surface area contributed by atoms with Crippen LogP contribution in [0.5, 0.6) is 0 Å². The maximum atomic E-state index is 13.6. The summed E-state index contributed by atoms with van der Waals surface area (Å²) in [6.07, 6.45) is -0.0680. The van der Waals surface area contributed by atoms with Gasteiger partial charge < -0.3 is 15.4 Å². The van der Waals surface area contributed by atoms with Crippen LogP contribution in [-0.4, -0.2) is 26.7 Å². The lowest BCUT2D eigenvalue weighted by molar-refractivity contribution is 0.106. The van der Waals surface area contributed by atoms with E-state index in [0.29, 0.717) is 24.6 Å². The highest BCUT2D eigenvalue weighted by atomic mass is 127. The highest BCUT2D eigenvalue weighted by molar-refractivity contribution is 14.0. The van der Waals surface area contributed by atoms with Gasteiger partial charge in [-0.3, -0.25) is 4.99 Å². The molecule has 0 aliphatic heterocycles. The molecule has 4 nitrogen and oxygen atoms in total. The van der Waals surface area contributed by atoms with Gasteiger partial charge in [-0.15, -0.1) is 24.0 Å². The maximum Gasteiger partial charge on any atom is 0.191 e. The van der Waals surface area contributed by atoms with Crippen molar-refractivity contribution in [1.82, 2.24) is 10.6 Å². The number of nitrogens with zero attached hydrogens (tertiary/aromatic N) is 1. The van der Waals surface area contributed by atoms with Crippen molar-refractivity contribution >= 4 is 29.9 Å². The van der Waals surface area contributed by atoms with E-state index in [-0.39, 0.29) is 35.9 Å². The number of aliphatic imine (C=N–C) groups is 1. The Kier molecular flexibility index (Phi) is 9.44. The molecule has 136 valence electrons. The van der Waals surface area contributed by atoms with Crippen LogP contribution in [0.1, 0.15) is 22.8 Å². The number of benzene rings is 2. The lowest BCUT2D eigenvalue weighted by atomic mass is 10.1. The van der Waals surface area contributed by atoms with Crippen molar-refractivity contribution < 1.29 is 9.13 Å². The molecule has 6 heteroatoms. The molecule has 0 radical (unpaired) electrons. The van der Waals surface area contributed by atoms with Gasteiger partial charge in [0, 0.05) is 27.2 Å². The molecule has 2 N–H and O–H groups in total. The lowest BCUT2D eigenvalue weighted by Gasteiger charge is -2.18. The van der Waals surface area contributed by atoms with Gasteiger partial charge in [0.15, 0.2) is 5.96 Å². The van der Waals surface area contributed by atoms with Crippen molar-refractivity contribution in [2.75, 3.05) is 20.7 Å². The standard InChI is InChI=1S/C19H24FN3O.HI/c1-14-9-10-15(11-17(14)20)12-22-19(21-2)23-13-18(24-3)16-7-5-4-6-8-16;/h4-11,18H,12-13H2,1-3H3,(H2,21,22,23);1H. The van der Waals surface area contributed by atoms with Crippen molar-refractivity contribution in [2.45, 2.75) is 19.6 Å². The summed E-state index contributed by atoms with van der Waals surface area (Å²) in [6, 6.07) is 15.2. The van der Waals surface area contributed by atoms with E-state index < -0.39 is 0 Å². The quantitative estimate of drug-likeness (QED) is 0.394. The number of hydrogen-bond acceptors (Lipinski definition) is 2. The number of halogens is 2. The fraction of sp³-hybridized carbons (Fsp3) is 0.316. The van der Waals surface area contributed by atoms with Gasteiger partial charge in [0.25, 0.3) is 0 Å². The fourth-order valence-corrected chi connectivity index (χ4v) is 2.35. The molecular weight excluding hydrogens is 432 g/mol. The van der Waals surface area contributed by atoms with Crippen LogP contribution in [0.4, 0.5) is 4.39 Å². The zero-order chi connectivity index (χ0) is 17.4. The van der Waals surface area contributed by atoms with Gasteiger partial charge in [0.2, 0.25) is 0 Å². The minimum atomic E-state index is -0.194. The van der Waals surface area contributed by atoms with Gasteiger partial charge >= 0.3 is 0 Å². The Labute approximate surface area is 165 Å². The second kappa shape index (κ2) is 11.0. The number of methoxy groups -OCH3 is 1. The van der Waals surface area contributed by atoms with Gasteiger partial charge in [-0.25, -0.2) is 4.39 Å². The monoisotopic (exact) mass is 457 g/mol. The average Bonchev–Trinajstić information content (AvgIpc) is 2.62. The van der Waals surface area contributed by atoms with Crippen LogP contribution in [0.2, 0.25) is 0 Å². The molecule has 0 heterocycles. The topological polar surface area (TPSA) is 45.7 Å². The number of guanidine groups is 1. The summed E-state index contributed by atoms with van der Waals surface area (Å²) in [4.78, 5) is 4.19. The summed E-state index contributed by atoms with van der Waals surface area (Å²) in [5, 5.41) is 6.42. The Morgan fingerprint density at radius 1 is 1.16 bits per heavy atom. The van der Waals surface area contributed by atoms with E-state index in [9.17, 15) is 4.39 Å². The largest absolute Gasteiger partial charge is 0.375 e. The summed E-state index contributed by atoms with van der Waals surface area (Å²) in [5.74, 6) is 0.453. The normalized spacial score (nSPS) is 12.2. The van der Waals surface area contributed by atoms with Crippen LogP contribution in [0, 0.1) is 12.7 Å². The van der Waals surface area contributed by atoms with Crippen LogP contribution in [0.25, 0.3) is 0 Å². The Morgan fingerprint density at radius 3 is 2.48 bits per heavy atom. The van der Waals surface area contributed by atoms with Gasteiger partial charge in [-0.2, -0.15) is 0 Å². The van der Waals surface area contributed by atoms with Crippen LogP contribution < -0.4 is 10.6 Å². The van der Waals surface area contributed by atoms with Gasteiger partial charge in [-0.05, 0) is 29.7 Å². The van der Waals surface area contributed by atoms with Crippen molar-refractivity contribution in [3.05, 3.63) is 71.0 Å². The molecule has 25 heavy (non-hydrogen) atoms. The Hall–Kier alpha value is -1.67. The second-order valence-corrected chi connectivity index (χ2v) is 5.53. The molecule has 0 amide bonds. The third kappa shape index (κ3) is 6.62. The molecule has 1 unspecified atom stereocenters. The first kappa shape index (κ1) is 21.4. The molecule has 2 aromatic rings. The van der Waals surface area contributed by atoms with Crippen LogP contribution in [0.3, 0.4) is 0 Å². The smallest absolute Gasteiger partial charge is 0.191 e. The fourth-order valence-electron chi connectivity index (χ4n) is 2.35. The number of nitrogens with one attached hydrogen (secondary N) is 2. The Balaban J connectivity index is 0.00000312. The number of rotatable bonds is 6. The third-order valence-corrected chi connectivity index (χ3v) is 3.83. The summed E-state index contributed by atoms with van der Waals surface area (Å²) < 4.78 is 19.1. The molecule has 1 atom stereocenters. The molecule has 2 rings (SSSR count).